The van der Waals surface area contributed by atoms with Crippen LogP contribution in [0, 0.1) is 0 Å². The molecule has 144 valence electrons. The fraction of sp³-hybridized carbons (Fsp3) is 0.273. The highest BCUT2D eigenvalue weighted by molar-refractivity contribution is 7.13. The van der Waals surface area contributed by atoms with Gasteiger partial charge in [-0.25, -0.2) is 4.98 Å². The Bertz CT molecular complexity index is 942. The van der Waals surface area contributed by atoms with Crippen LogP contribution in [0.15, 0.2) is 60.0 Å². The van der Waals surface area contributed by atoms with Gasteiger partial charge in [0, 0.05) is 37.1 Å². The molecule has 2 heterocycles. The van der Waals surface area contributed by atoms with E-state index in [4.69, 9.17) is 4.74 Å². The van der Waals surface area contributed by atoms with Crippen LogP contribution in [-0.4, -0.2) is 49.1 Å². The van der Waals surface area contributed by atoms with Crippen molar-refractivity contribution in [1.82, 2.24) is 9.88 Å². The summed E-state index contributed by atoms with van der Waals surface area (Å²) in [5.74, 6) is 0.884. The number of para-hydroxylation sites is 2. The van der Waals surface area contributed by atoms with Crippen molar-refractivity contribution in [1.29, 1.82) is 0 Å². The first-order valence-electron chi connectivity index (χ1n) is 9.44. The zero-order chi connectivity index (χ0) is 19.3. The molecule has 0 unspecified atom stereocenters. The quantitative estimate of drug-likeness (QED) is 0.667. The van der Waals surface area contributed by atoms with Crippen LogP contribution in [-0.2, 0) is 0 Å². The first-order valence-corrected chi connectivity index (χ1v) is 10.3. The molecule has 0 atom stereocenters. The SMILES string of the molecule is COc1ccccc1N1CCCN(C(=O)c2csc(-c3ccccc3)n2)CC1. The van der Waals surface area contributed by atoms with Crippen molar-refractivity contribution in [2.24, 2.45) is 0 Å². The van der Waals surface area contributed by atoms with Gasteiger partial charge >= 0.3 is 0 Å². The Morgan fingerprint density at radius 1 is 1.00 bits per heavy atom. The lowest BCUT2D eigenvalue weighted by Crippen LogP contribution is -2.35. The summed E-state index contributed by atoms with van der Waals surface area (Å²) in [5, 5.41) is 2.75. The highest BCUT2D eigenvalue weighted by Crippen LogP contribution is 2.29. The topological polar surface area (TPSA) is 45.7 Å². The number of aromatic nitrogens is 1. The molecule has 28 heavy (non-hydrogen) atoms. The molecule has 0 saturated carbocycles. The summed E-state index contributed by atoms with van der Waals surface area (Å²) in [4.78, 5) is 21.8. The van der Waals surface area contributed by atoms with Crippen LogP contribution in [0.5, 0.6) is 5.75 Å². The fourth-order valence-corrected chi connectivity index (χ4v) is 4.30. The zero-order valence-corrected chi connectivity index (χ0v) is 16.7. The summed E-state index contributed by atoms with van der Waals surface area (Å²) >= 11 is 1.52. The Morgan fingerprint density at radius 2 is 1.79 bits per heavy atom. The third-order valence-electron chi connectivity index (χ3n) is 4.95. The standard InChI is InChI=1S/C22H23N3O2S/c1-27-20-11-6-5-10-19(20)24-12-7-13-25(15-14-24)22(26)18-16-28-21(23-18)17-8-3-2-4-9-17/h2-6,8-11,16H,7,12-15H2,1H3. The molecule has 1 amide bonds. The van der Waals surface area contributed by atoms with Crippen LogP contribution in [0.1, 0.15) is 16.9 Å². The maximum Gasteiger partial charge on any atom is 0.273 e. The molecule has 2 aromatic carbocycles. The number of amides is 1. The van der Waals surface area contributed by atoms with Gasteiger partial charge in [-0.3, -0.25) is 4.79 Å². The summed E-state index contributed by atoms with van der Waals surface area (Å²) in [6.07, 6.45) is 0.916. The summed E-state index contributed by atoms with van der Waals surface area (Å²) in [5.41, 5.74) is 2.67. The van der Waals surface area contributed by atoms with Crippen LogP contribution in [0.4, 0.5) is 5.69 Å². The third kappa shape index (κ3) is 3.87. The van der Waals surface area contributed by atoms with Crippen LogP contribution in [0.2, 0.25) is 0 Å². The molecular formula is C22H23N3O2S. The predicted octanol–water partition coefficient (Wildman–Crippen LogP) is 4.17. The number of thiazole rings is 1. The Hall–Kier alpha value is -2.86. The first-order chi connectivity index (χ1) is 13.8. The van der Waals surface area contributed by atoms with Gasteiger partial charge in [0.1, 0.15) is 16.5 Å². The number of ether oxygens (including phenoxy) is 1. The van der Waals surface area contributed by atoms with Gasteiger partial charge in [-0.05, 0) is 18.6 Å². The minimum Gasteiger partial charge on any atom is -0.495 e. The molecule has 5 nitrogen and oxygen atoms in total. The van der Waals surface area contributed by atoms with E-state index in [-0.39, 0.29) is 5.91 Å². The minimum absolute atomic E-state index is 0.0142. The second-order valence-electron chi connectivity index (χ2n) is 6.71. The van der Waals surface area contributed by atoms with Crippen molar-refractivity contribution >= 4 is 22.9 Å². The van der Waals surface area contributed by atoms with Gasteiger partial charge in [0.05, 0.1) is 12.8 Å². The lowest BCUT2D eigenvalue weighted by atomic mass is 10.2. The van der Waals surface area contributed by atoms with Gasteiger partial charge in [0.2, 0.25) is 0 Å². The number of hydrogen-bond acceptors (Lipinski definition) is 5. The van der Waals surface area contributed by atoms with E-state index in [1.54, 1.807) is 7.11 Å². The van der Waals surface area contributed by atoms with Crippen molar-refractivity contribution in [2.45, 2.75) is 6.42 Å². The summed E-state index contributed by atoms with van der Waals surface area (Å²) in [6, 6.07) is 18.0. The van der Waals surface area contributed by atoms with E-state index in [2.05, 4.69) is 16.0 Å². The fourth-order valence-electron chi connectivity index (χ4n) is 3.50. The van der Waals surface area contributed by atoms with Crippen molar-refractivity contribution in [3.05, 3.63) is 65.7 Å². The number of benzene rings is 2. The average Bonchev–Trinajstić information content (AvgIpc) is 3.12. The Kier molecular flexibility index (Phi) is 5.58. The highest BCUT2D eigenvalue weighted by Gasteiger charge is 2.23. The molecule has 1 saturated heterocycles. The maximum absolute atomic E-state index is 13.0. The molecule has 1 aliphatic rings. The van der Waals surface area contributed by atoms with Gasteiger partial charge in [-0.2, -0.15) is 0 Å². The van der Waals surface area contributed by atoms with E-state index in [1.165, 1.54) is 11.3 Å². The van der Waals surface area contributed by atoms with Gasteiger partial charge < -0.3 is 14.5 Å². The van der Waals surface area contributed by atoms with Crippen molar-refractivity contribution in [3.8, 4) is 16.3 Å². The molecule has 1 aromatic heterocycles. The second kappa shape index (κ2) is 8.44. The lowest BCUT2D eigenvalue weighted by molar-refractivity contribution is 0.0762. The molecule has 6 heteroatoms. The normalized spacial score (nSPS) is 14.6. The van der Waals surface area contributed by atoms with Crippen LogP contribution in [0.3, 0.4) is 0 Å². The first kappa shape index (κ1) is 18.5. The van der Waals surface area contributed by atoms with E-state index in [0.717, 1.165) is 48.1 Å². The smallest absolute Gasteiger partial charge is 0.273 e. The molecule has 3 aromatic rings. The zero-order valence-electron chi connectivity index (χ0n) is 15.9. The number of nitrogens with zero attached hydrogens (tertiary/aromatic N) is 3. The monoisotopic (exact) mass is 393 g/mol. The second-order valence-corrected chi connectivity index (χ2v) is 7.57. The number of rotatable bonds is 4. The van der Waals surface area contributed by atoms with E-state index < -0.39 is 0 Å². The highest BCUT2D eigenvalue weighted by atomic mass is 32.1. The number of carbonyl (C=O) groups excluding carboxylic acids is 1. The third-order valence-corrected chi connectivity index (χ3v) is 5.84. The van der Waals surface area contributed by atoms with Gasteiger partial charge in [-0.15, -0.1) is 11.3 Å². The number of hydrogen-bond donors (Lipinski definition) is 0. The molecule has 0 aliphatic carbocycles. The summed E-state index contributed by atoms with van der Waals surface area (Å²) < 4.78 is 5.50. The van der Waals surface area contributed by atoms with Gasteiger partial charge in [-0.1, -0.05) is 42.5 Å². The Labute approximate surface area is 169 Å². The average molecular weight is 394 g/mol. The minimum atomic E-state index is 0.0142. The molecule has 1 aliphatic heterocycles. The van der Waals surface area contributed by atoms with Crippen LogP contribution in [0.25, 0.3) is 10.6 Å². The lowest BCUT2D eigenvalue weighted by Gasteiger charge is -2.25. The summed E-state index contributed by atoms with van der Waals surface area (Å²) in [7, 11) is 1.69. The van der Waals surface area contributed by atoms with Crippen molar-refractivity contribution in [2.75, 3.05) is 38.2 Å². The largest absolute Gasteiger partial charge is 0.495 e. The van der Waals surface area contributed by atoms with Crippen LogP contribution >= 0.6 is 11.3 Å². The van der Waals surface area contributed by atoms with Crippen molar-refractivity contribution in [3.63, 3.8) is 0 Å². The molecule has 1 fully saturated rings. The molecule has 4 rings (SSSR count). The van der Waals surface area contributed by atoms with Gasteiger partial charge in [0.15, 0.2) is 0 Å². The molecular weight excluding hydrogens is 370 g/mol. The molecule has 0 bridgehead atoms. The number of carbonyl (C=O) groups is 1. The maximum atomic E-state index is 13.0. The van der Waals surface area contributed by atoms with E-state index in [9.17, 15) is 4.79 Å². The number of anilines is 1. The molecule has 0 N–H and O–H groups in total. The van der Waals surface area contributed by atoms with Crippen molar-refractivity contribution < 1.29 is 9.53 Å². The van der Waals surface area contributed by atoms with Gasteiger partial charge in [0.25, 0.3) is 5.91 Å². The molecule has 0 radical (unpaired) electrons. The van der Waals surface area contributed by atoms with E-state index >= 15 is 0 Å². The predicted molar refractivity (Wildman–Crippen MR) is 113 cm³/mol. The molecule has 0 spiro atoms. The summed E-state index contributed by atoms with van der Waals surface area (Å²) in [6.45, 7) is 3.09. The van der Waals surface area contributed by atoms with E-state index in [1.807, 2.05) is 58.8 Å². The number of methoxy groups -OCH3 is 1. The van der Waals surface area contributed by atoms with Crippen LogP contribution < -0.4 is 9.64 Å². The Morgan fingerprint density at radius 3 is 2.61 bits per heavy atom. The van der Waals surface area contributed by atoms with E-state index in [0.29, 0.717) is 12.2 Å². The Balaban J connectivity index is 1.46.